The monoisotopic (exact) mass is 344 g/mol. The van der Waals surface area contributed by atoms with E-state index < -0.39 is 10.0 Å². The zero-order chi connectivity index (χ0) is 15.6. The Morgan fingerprint density at radius 1 is 1.38 bits per heavy atom. The number of thiazole rings is 1. The summed E-state index contributed by atoms with van der Waals surface area (Å²) in [5.41, 5.74) is 1.05. The largest absolute Gasteiger partial charge is 0.241 e. The van der Waals surface area contributed by atoms with Crippen molar-refractivity contribution in [2.24, 2.45) is 0 Å². The van der Waals surface area contributed by atoms with Crippen LogP contribution in [0.1, 0.15) is 43.7 Å². The molecule has 0 fully saturated rings. The SMILES string of the molecule is CCCNS(=O)(=O)c1cc(-c2nc(C(C)C)cs2)sc1C. The molecule has 0 saturated carbocycles. The molecule has 2 aromatic heterocycles. The minimum Gasteiger partial charge on any atom is -0.240 e. The van der Waals surface area contributed by atoms with E-state index in [0.29, 0.717) is 17.4 Å². The highest BCUT2D eigenvalue weighted by Gasteiger charge is 2.21. The van der Waals surface area contributed by atoms with Crippen molar-refractivity contribution in [2.75, 3.05) is 6.54 Å². The zero-order valence-corrected chi connectivity index (χ0v) is 15.1. The first-order valence-corrected chi connectivity index (χ1v) is 10.1. The highest BCUT2D eigenvalue weighted by atomic mass is 32.2. The third kappa shape index (κ3) is 3.71. The number of sulfonamides is 1. The molecular formula is C14H20N2O2S3. The first-order chi connectivity index (χ1) is 9.85. The Bertz CT molecular complexity index is 714. The average Bonchev–Trinajstić information content (AvgIpc) is 3.02. The Labute approximate surface area is 134 Å². The lowest BCUT2D eigenvalue weighted by Crippen LogP contribution is -2.24. The third-order valence-corrected chi connectivity index (χ3v) is 6.82. The number of aryl methyl sites for hydroxylation is 1. The van der Waals surface area contributed by atoms with E-state index in [2.05, 4.69) is 23.6 Å². The molecule has 0 unspecified atom stereocenters. The first-order valence-electron chi connectivity index (χ1n) is 6.91. The maximum atomic E-state index is 12.2. The van der Waals surface area contributed by atoms with Crippen LogP contribution >= 0.6 is 22.7 Å². The highest BCUT2D eigenvalue weighted by Crippen LogP contribution is 2.36. The zero-order valence-electron chi connectivity index (χ0n) is 12.6. The van der Waals surface area contributed by atoms with Gasteiger partial charge >= 0.3 is 0 Å². The lowest BCUT2D eigenvalue weighted by Gasteiger charge is -2.03. The summed E-state index contributed by atoms with van der Waals surface area (Å²) < 4.78 is 27.1. The number of aromatic nitrogens is 1. The quantitative estimate of drug-likeness (QED) is 0.862. The van der Waals surface area contributed by atoms with Gasteiger partial charge in [-0.1, -0.05) is 20.8 Å². The minimum absolute atomic E-state index is 0.372. The maximum absolute atomic E-state index is 12.2. The Kier molecular flexibility index (Phi) is 5.19. The fourth-order valence-corrected chi connectivity index (χ4v) is 5.58. The molecule has 0 aliphatic heterocycles. The van der Waals surface area contributed by atoms with Crippen molar-refractivity contribution < 1.29 is 8.42 Å². The number of rotatable bonds is 6. The normalized spacial score (nSPS) is 12.2. The molecule has 0 saturated heterocycles. The molecule has 0 aromatic carbocycles. The second-order valence-electron chi connectivity index (χ2n) is 5.16. The van der Waals surface area contributed by atoms with Crippen LogP contribution in [0.25, 0.3) is 9.88 Å². The van der Waals surface area contributed by atoms with Crippen LogP contribution in [0.5, 0.6) is 0 Å². The molecule has 0 bridgehead atoms. The Morgan fingerprint density at radius 2 is 2.10 bits per heavy atom. The Morgan fingerprint density at radius 3 is 2.67 bits per heavy atom. The molecule has 0 atom stereocenters. The molecular weight excluding hydrogens is 324 g/mol. The van der Waals surface area contributed by atoms with Gasteiger partial charge in [0.15, 0.2) is 0 Å². The van der Waals surface area contributed by atoms with E-state index in [-0.39, 0.29) is 0 Å². The Hall–Kier alpha value is -0.760. The Balaban J connectivity index is 2.34. The molecule has 21 heavy (non-hydrogen) atoms. The molecule has 2 aromatic rings. The molecule has 0 spiro atoms. The van der Waals surface area contributed by atoms with Gasteiger partial charge in [-0.05, 0) is 25.3 Å². The number of thiophene rings is 1. The van der Waals surface area contributed by atoms with E-state index in [1.807, 2.05) is 19.2 Å². The van der Waals surface area contributed by atoms with Crippen LogP contribution in [0.15, 0.2) is 16.3 Å². The standard InChI is InChI=1S/C14H20N2O2S3/c1-5-6-15-21(17,18)13-7-12(20-10(13)4)14-16-11(8-19-14)9(2)3/h7-9,15H,5-6H2,1-4H3. The predicted molar refractivity (Wildman–Crippen MR) is 89.7 cm³/mol. The van der Waals surface area contributed by atoms with Gasteiger partial charge in [0.1, 0.15) is 5.01 Å². The van der Waals surface area contributed by atoms with Crippen molar-refractivity contribution in [1.82, 2.24) is 9.71 Å². The molecule has 0 aliphatic rings. The van der Waals surface area contributed by atoms with Gasteiger partial charge in [0.2, 0.25) is 10.0 Å². The second-order valence-corrected chi connectivity index (χ2v) is 9.01. The molecule has 0 aliphatic carbocycles. The van der Waals surface area contributed by atoms with Crippen molar-refractivity contribution in [2.45, 2.75) is 44.9 Å². The van der Waals surface area contributed by atoms with Crippen molar-refractivity contribution in [3.05, 3.63) is 22.0 Å². The van der Waals surface area contributed by atoms with Crippen LogP contribution in [0.3, 0.4) is 0 Å². The molecule has 116 valence electrons. The van der Waals surface area contributed by atoms with Crippen LogP contribution in [-0.2, 0) is 10.0 Å². The van der Waals surface area contributed by atoms with Gasteiger partial charge in [0.05, 0.1) is 15.5 Å². The van der Waals surface area contributed by atoms with Gasteiger partial charge in [-0.3, -0.25) is 0 Å². The topological polar surface area (TPSA) is 59.1 Å². The van der Waals surface area contributed by atoms with E-state index >= 15 is 0 Å². The molecule has 0 amide bonds. The van der Waals surface area contributed by atoms with Crippen molar-refractivity contribution in [1.29, 1.82) is 0 Å². The maximum Gasteiger partial charge on any atom is 0.241 e. The number of nitrogens with one attached hydrogen (secondary N) is 1. The summed E-state index contributed by atoms with van der Waals surface area (Å²) in [7, 11) is -3.41. The van der Waals surface area contributed by atoms with E-state index in [4.69, 9.17) is 0 Å². The first kappa shape index (κ1) is 16.6. The number of hydrogen-bond donors (Lipinski definition) is 1. The van der Waals surface area contributed by atoms with Gasteiger partial charge in [-0.25, -0.2) is 18.1 Å². The smallest absolute Gasteiger partial charge is 0.240 e. The van der Waals surface area contributed by atoms with Crippen molar-refractivity contribution in [3.8, 4) is 9.88 Å². The third-order valence-electron chi connectivity index (χ3n) is 3.03. The van der Waals surface area contributed by atoms with E-state index in [0.717, 1.165) is 26.9 Å². The summed E-state index contributed by atoms with van der Waals surface area (Å²) in [6, 6.07) is 1.74. The summed E-state index contributed by atoms with van der Waals surface area (Å²) in [4.78, 5) is 6.68. The average molecular weight is 345 g/mol. The van der Waals surface area contributed by atoms with E-state index in [9.17, 15) is 8.42 Å². The van der Waals surface area contributed by atoms with E-state index in [1.165, 1.54) is 11.3 Å². The van der Waals surface area contributed by atoms with Crippen LogP contribution in [0, 0.1) is 6.92 Å². The van der Waals surface area contributed by atoms with Crippen LogP contribution in [-0.4, -0.2) is 19.9 Å². The lowest BCUT2D eigenvalue weighted by atomic mass is 10.2. The second kappa shape index (κ2) is 6.56. The van der Waals surface area contributed by atoms with Gasteiger partial charge in [-0.15, -0.1) is 22.7 Å². The van der Waals surface area contributed by atoms with Crippen LogP contribution in [0.4, 0.5) is 0 Å². The fourth-order valence-electron chi connectivity index (χ4n) is 1.82. The number of hydrogen-bond acceptors (Lipinski definition) is 5. The molecule has 0 radical (unpaired) electrons. The summed E-state index contributed by atoms with van der Waals surface area (Å²) in [6.07, 6.45) is 0.777. The summed E-state index contributed by atoms with van der Waals surface area (Å²) in [5, 5.41) is 2.93. The van der Waals surface area contributed by atoms with Crippen LogP contribution in [0.2, 0.25) is 0 Å². The predicted octanol–water partition coefficient (Wildman–Crippen LogP) is 3.99. The fraction of sp³-hybridized carbons (Fsp3) is 0.500. The summed E-state index contributed by atoms with van der Waals surface area (Å²) in [5.74, 6) is 0.380. The van der Waals surface area contributed by atoms with Crippen LogP contribution < -0.4 is 4.72 Å². The number of nitrogens with zero attached hydrogens (tertiary/aromatic N) is 1. The van der Waals surface area contributed by atoms with Gasteiger partial charge in [0, 0.05) is 16.8 Å². The van der Waals surface area contributed by atoms with Crippen molar-refractivity contribution >= 4 is 32.7 Å². The van der Waals surface area contributed by atoms with Gasteiger partial charge in [0.25, 0.3) is 0 Å². The summed E-state index contributed by atoms with van der Waals surface area (Å²) >= 11 is 3.05. The summed E-state index contributed by atoms with van der Waals surface area (Å²) in [6.45, 7) is 8.44. The minimum atomic E-state index is -3.41. The molecule has 2 heterocycles. The van der Waals surface area contributed by atoms with Crippen molar-refractivity contribution in [3.63, 3.8) is 0 Å². The molecule has 4 nitrogen and oxygen atoms in total. The lowest BCUT2D eigenvalue weighted by molar-refractivity contribution is 0.580. The van der Waals surface area contributed by atoms with Gasteiger partial charge < -0.3 is 0 Å². The van der Waals surface area contributed by atoms with E-state index in [1.54, 1.807) is 17.4 Å². The molecule has 7 heteroatoms. The molecule has 2 rings (SSSR count). The highest BCUT2D eigenvalue weighted by molar-refractivity contribution is 7.89. The molecule has 1 N–H and O–H groups in total. The van der Waals surface area contributed by atoms with Gasteiger partial charge in [-0.2, -0.15) is 0 Å².